The number of benzene rings is 1. The largest absolute Gasteiger partial charge is 1.00 e. The molecule has 51 valence electrons. The summed E-state index contributed by atoms with van der Waals surface area (Å²) in [6, 6.07) is 8.62. The molecule has 0 aliphatic rings. The predicted molar refractivity (Wildman–Crippen MR) is 35.0 cm³/mol. The Morgan fingerprint density at radius 1 is 1.40 bits per heavy atom. The Balaban J connectivity index is 0. The van der Waals surface area contributed by atoms with Crippen molar-refractivity contribution in [1.82, 2.24) is 0 Å². The van der Waals surface area contributed by atoms with Crippen LogP contribution < -0.4 is 24.0 Å². The fourth-order valence-corrected chi connectivity index (χ4v) is 0.770. The van der Waals surface area contributed by atoms with Gasteiger partial charge in [-0.3, -0.25) is 0 Å². The Labute approximate surface area is 96.1 Å². The van der Waals surface area contributed by atoms with Crippen LogP contribution >= 0.6 is 11.6 Å². The fourth-order valence-electron chi connectivity index (χ4n) is 0.549. The Morgan fingerprint density at radius 2 is 2.00 bits per heavy atom. The summed E-state index contributed by atoms with van der Waals surface area (Å²) >= 11 is 5.59. The summed E-state index contributed by atoms with van der Waals surface area (Å²) in [7, 11) is 0. The van der Waals surface area contributed by atoms with Crippen molar-refractivity contribution in [1.29, 1.82) is 0 Å². The van der Waals surface area contributed by atoms with Crippen LogP contribution in [0.15, 0.2) is 18.2 Å². The molecule has 0 saturated carbocycles. The van der Waals surface area contributed by atoms with Crippen LogP contribution in [-0.2, 0) is 19.5 Å². The summed E-state index contributed by atoms with van der Waals surface area (Å²) in [5, 5.41) is 0.685. The summed E-state index contributed by atoms with van der Waals surface area (Å²) in [6.07, 6.45) is 0. The smallest absolute Gasteiger partial charge is 0.0487 e. The molecule has 1 aromatic rings. The molecule has 3 heteroatoms. The number of aryl methyl sites for hydroxylation is 1. The molecular formula is C7H6ClIZn-. The molecule has 1 rings (SSSR count). The van der Waals surface area contributed by atoms with E-state index in [0.717, 1.165) is 5.56 Å². The minimum Gasteiger partial charge on any atom is -1.00 e. The number of hydrogen-bond acceptors (Lipinski definition) is 0. The van der Waals surface area contributed by atoms with Gasteiger partial charge in [0.15, 0.2) is 0 Å². The quantitative estimate of drug-likeness (QED) is 0.445. The Bertz CT molecular complexity index is 173. The van der Waals surface area contributed by atoms with Gasteiger partial charge < -0.3 is 24.0 Å². The molecule has 0 aliphatic carbocycles. The van der Waals surface area contributed by atoms with Crippen molar-refractivity contribution in [3.8, 4) is 0 Å². The van der Waals surface area contributed by atoms with Crippen LogP contribution in [0.1, 0.15) is 5.56 Å². The van der Waals surface area contributed by atoms with Crippen LogP contribution in [0.25, 0.3) is 0 Å². The maximum absolute atomic E-state index is 5.59. The first-order valence-corrected chi connectivity index (χ1v) is 2.81. The van der Waals surface area contributed by atoms with Crippen LogP contribution in [0.4, 0.5) is 0 Å². The monoisotopic (exact) mass is 316 g/mol. The molecule has 0 amide bonds. The second-order valence-corrected chi connectivity index (χ2v) is 2.09. The van der Waals surface area contributed by atoms with Crippen molar-refractivity contribution in [3.05, 3.63) is 34.9 Å². The summed E-state index contributed by atoms with van der Waals surface area (Å²) in [4.78, 5) is 0. The van der Waals surface area contributed by atoms with Crippen LogP contribution in [0.2, 0.25) is 5.02 Å². The molecule has 0 aromatic heterocycles. The fraction of sp³-hybridized carbons (Fsp3) is 0.143. The van der Waals surface area contributed by atoms with Crippen molar-refractivity contribution in [2.24, 2.45) is 0 Å². The molecule has 0 aliphatic heterocycles. The minimum atomic E-state index is 0. The molecule has 0 bridgehead atoms. The van der Waals surface area contributed by atoms with E-state index in [2.05, 4.69) is 6.07 Å². The van der Waals surface area contributed by atoms with E-state index in [9.17, 15) is 0 Å². The van der Waals surface area contributed by atoms with Gasteiger partial charge in [0, 0.05) is 30.6 Å². The van der Waals surface area contributed by atoms with Gasteiger partial charge in [-0.1, -0.05) is 23.7 Å². The Morgan fingerprint density at radius 3 is 2.30 bits per heavy atom. The second-order valence-electron chi connectivity index (χ2n) is 1.68. The minimum absolute atomic E-state index is 0. The van der Waals surface area contributed by atoms with Gasteiger partial charge in [-0.25, -0.2) is 0 Å². The van der Waals surface area contributed by atoms with Crippen LogP contribution in [0.5, 0.6) is 0 Å². The zero-order chi connectivity index (χ0) is 5.98. The van der Waals surface area contributed by atoms with Crippen LogP contribution in [0, 0.1) is 13.0 Å². The average molecular weight is 318 g/mol. The van der Waals surface area contributed by atoms with E-state index in [0.29, 0.717) is 5.02 Å². The van der Waals surface area contributed by atoms with Crippen LogP contribution in [-0.4, -0.2) is 0 Å². The van der Waals surface area contributed by atoms with Gasteiger partial charge in [0.25, 0.3) is 0 Å². The molecule has 1 aromatic carbocycles. The van der Waals surface area contributed by atoms with Gasteiger partial charge in [0.2, 0.25) is 0 Å². The van der Waals surface area contributed by atoms with E-state index in [-0.39, 0.29) is 43.5 Å². The third kappa shape index (κ3) is 4.64. The van der Waals surface area contributed by atoms with E-state index in [1.54, 1.807) is 0 Å². The Hall–Kier alpha value is 0.863. The van der Waals surface area contributed by atoms with E-state index in [1.807, 2.05) is 25.1 Å². The van der Waals surface area contributed by atoms with Crippen LogP contribution in [0.3, 0.4) is 0 Å². The van der Waals surface area contributed by atoms with Crippen molar-refractivity contribution < 1.29 is 43.5 Å². The maximum Gasteiger partial charge on any atom is 0.0487 e. The van der Waals surface area contributed by atoms with Gasteiger partial charge in [0.1, 0.15) is 0 Å². The topological polar surface area (TPSA) is 0 Å². The molecule has 1 radical (unpaired) electrons. The summed E-state index contributed by atoms with van der Waals surface area (Å²) < 4.78 is 0. The molecule has 0 N–H and O–H groups in total. The van der Waals surface area contributed by atoms with E-state index in [1.165, 1.54) is 0 Å². The van der Waals surface area contributed by atoms with E-state index in [4.69, 9.17) is 11.6 Å². The predicted octanol–water partition coefficient (Wildman–Crippen LogP) is -0.550. The standard InChI is InChI=1S/C7H6Cl.HI.Zn/c1-6-3-2-4-7(8)5-6;;/h2-4H,1H3;1H;/p-1. The van der Waals surface area contributed by atoms with Gasteiger partial charge in [-0.15, -0.1) is 0 Å². The van der Waals surface area contributed by atoms with E-state index >= 15 is 0 Å². The molecular weight excluding hydrogens is 312 g/mol. The molecule has 0 heterocycles. The molecule has 10 heavy (non-hydrogen) atoms. The van der Waals surface area contributed by atoms with Crippen molar-refractivity contribution >= 4 is 11.6 Å². The third-order valence-electron chi connectivity index (χ3n) is 0.905. The zero-order valence-corrected chi connectivity index (χ0v) is 11.6. The molecule has 0 spiro atoms. The zero-order valence-electron chi connectivity index (χ0n) is 5.70. The number of rotatable bonds is 0. The summed E-state index contributed by atoms with van der Waals surface area (Å²) in [5.41, 5.74) is 1.08. The number of hydrogen-bond donors (Lipinski definition) is 0. The molecule has 0 nitrogen and oxygen atoms in total. The Kier molecular flexibility index (Phi) is 8.83. The van der Waals surface area contributed by atoms with Gasteiger partial charge >= 0.3 is 0 Å². The SMILES string of the molecule is Cc1[c]c(Cl)ccc1.[I-].[Zn]. The summed E-state index contributed by atoms with van der Waals surface area (Å²) in [5.74, 6) is 0. The first-order chi connectivity index (χ1) is 3.79. The third-order valence-corrected chi connectivity index (χ3v) is 1.13. The second kappa shape index (κ2) is 6.57. The van der Waals surface area contributed by atoms with Gasteiger partial charge in [-0.2, -0.15) is 0 Å². The van der Waals surface area contributed by atoms with Gasteiger partial charge in [-0.05, 0) is 18.6 Å². The molecule has 0 atom stereocenters. The van der Waals surface area contributed by atoms with Crippen molar-refractivity contribution in [3.63, 3.8) is 0 Å². The first-order valence-electron chi connectivity index (χ1n) is 2.43. The van der Waals surface area contributed by atoms with Gasteiger partial charge in [0.05, 0.1) is 0 Å². The molecule has 0 fully saturated rings. The van der Waals surface area contributed by atoms with E-state index < -0.39 is 0 Å². The maximum atomic E-state index is 5.59. The average Bonchev–Trinajstić information content (AvgIpc) is 1.64. The molecule has 0 unspecified atom stereocenters. The normalized spacial score (nSPS) is 7.40. The van der Waals surface area contributed by atoms with Crippen molar-refractivity contribution in [2.45, 2.75) is 6.92 Å². The molecule has 0 saturated heterocycles. The van der Waals surface area contributed by atoms with Crippen molar-refractivity contribution in [2.75, 3.05) is 0 Å². The first kappa shape index (κ1) is 13.5. The summed E-state index contributed by atoms with van der Waals surface area (Å²) in [6.45, 7) is 1.96. The number of halogens is 2.